The van der Waals surface area contributed by atoms with E-state index in [4.69, 9.17) is 26.3 Å². The molecule has 188 valence electrons. The minimum absolute atomic E-state index is 0.164. The summed E-state index contributed by atoms with van der Waals surface area (Å²) in [6, 6.07) is 19.3. The van der Waals surface area contributed by atoms with E-state index in [9.17, 15) is 4.79 Å². The highest BCUT2D eigenvalue weighted by atomic mass is 35.5. The fourth-order valence-corrected chi connectivity index (χ4v) is 4.79. The molecule has 0 saturated carbocycles. The molecule has 0 spiro atoms. The maximum atomic E-state index is 13.8. The van der Waals surface area contributed by atoms with Gasteiger partial charge in [-0.1, -0.05) is 11.6 Å². The standard InChI is InChI=1S/C28H26ClN5O3/c1-36-14-15-37-24-7-5-22(6-8-24)34-26-10-12-31-18-27(26)33(28(34)35)19-23-17-20-16-21(29)4-9-25(20)32(23)13-3-2-11-30/h4-10,12,16-18H,2-3,13-15,19H2,1H3. The minimum Gasteiger partial charge on any atom is -0.491 e. The zero-order chi connectivity index (χ0) is 25.8. The number of methoxy groups -OCH3 is 1. The minimum atomic E-state index is -0.164. The Morgan fingerprint density at radius 1 is 1.00 bits per heavy atom. The molecule has 3 aromatic heterocycles. The number of benzene rings is 2. The molecule has 5 rings (SSSR count). The van der Waals surface area contributed by atoms with Crippen LogP contribution in [0.4, 0.5) is 0 Å². The van der Waals surface area contributed by atoms with Crippen molar-refractivity contribution in [2.24, 2.45) is 0 Å². The molecule has 0 aliphatic carbocycles. The maximum absolute atomic E-state index is 13.8. The van der Waals surface area contributed by atoms with Crippen LogP contribution in [0.15, 0.2) is 71.8 Å². The topological polar surface area (TPSA) is 87.0 Å². The summed E-state index contributed by atoms with van der Waals surface area (Å²) in [5.41, 5.74) is 4.06. The van der Waals surface area contributed by atoms with Gasteiger partial charge in [-0.15, -0.1) is 0 Å². The molecule has 0 aliphatic heterocycles. The molecule has 2 aromatic carbocycles. The highest BCUT2D eigenvalue weighted by Gasteiger charge is 2.18. The van der Waals surface area contributed by atoms with Gasteiger partial charge in [0.15, 0.2) is 0 Å². The van der Waals surface area contributed by atoms with Crippen molar-refractivity contribution in [3.63, 3.8) is 0 Å². The summed E-state index contributed by atoms with van der Waals surface area (Å²) in [5.74, 6) is 0.708. The lowest BCUT2D eigenvalue weighted by atomic mass is 10.2. The van der Waals surface area contributed by atoms with Crippen LogP contribution in [0.3, 0.4) is 0 Å². The number of hydrogen-bond acceptors (Lipinski definition) is 5. The highest BCUT2D eigenvalue weighted by molar-refractivity contribution is 6.31. The number of unbranched alkanes of at least 4 members (excludes halogenated alkanes) is 1. The molecule has 0 bridgehead atoms. The van der Waals surface area contributed by atoms with Crippen molar-refractivity contribution < 1.29 is 9.47 Å². The molecule has 0 saturated heterocycles. The van der Waals surface area contributed by atoms with Gasteiger partial charge in [-0.3, -0.25) is 14.1 Å². The van der Waals surface area contributed by atoms with E-state index in [2.05, 4.69) is 21.7 Å². The SMILES string of the molecule is COCCOc1ccc(-n2c(=O)n(Cc3cc4cc(Cl)ccc4n3CCCC#N)c3cnccc32)cc1. The Bertz CT molecular complexity index is 1640. The molecule has 9 heteroatoms. The number of nitriles is 1. The molecule has 0 aliphatic rings. The van der Waals surface area contributed by atoms with Gasteiger partial charge < -0.3 is 14.0 Å². The highest BCUT2D eigenvalue weighted by Crippen LogP contribution is 2.26. The van der Waals surface area contributed by atoms with Crippen LogP contribution in [0, 0.1) is 11.3 Å². The average Bonchev–Trinajstić information content (AvgIpc) is 3.38. The Morgan fingerprint density at radius 3 is 2.62 bits per heavy atom. The predicted molar refractivity (Wildman–Crippen MR) is 144 cm³/mol. The summed E-state index contributed by atoms with van der Waals surface area (Å²) in [4.78, 5) is 18.1. The number of hydrogen-bond donors (Lipinski definition) is 0. The fraction of sp³-hybridized carbons (Fsp3) is 0.250. The maximum Gasteiger partial charge on any atom is 0.334 e. The first-order valence-electron chi connectivity index (χ1n) is 12.0. The summed E-state index contributed by atoms with van der Waals surface area (Å²) < 4.78 is 16.3. The number of imidazole rings is 1. The summed E-state index contributed by atoms with van der Waals surface area (Å²) in [6.45, 7) is 1.98. The van der Waals surface area contributed by atoms with Crippen LogP contribution < -0.4 is 10.4 Å². The first kappa shape index (κ1) is 24.6. The van der Waals surface area contributed by atoms with Gasteiger partial charge in [0, 0.05) is 47.9 Å². The van der Waals surface area contributed by atoms with Crippen LogP contribution in [0.1, 0.15) is 18.5 Å². The zero-order valence-corrected chi connectivity index (χ0v) is 21.2. The van der Waals surface area contributed by atoms with Crippen LogP contribution in [0.5, 0.6) is 5.75 Å². The monoisotopic (exact) mass is 515 g/mol. The Morgan fingerprint density at radius 2 is 1.84 bits per heavy atom. The molecule has 5 aromatic rings. The van der Waals surface area contributed by atoms with E-state index in [1.165, 1.54) is 0 Å². The molecule has 8 nitrogen and oxygen atoms in total. The van der Waals surface area contributed by atoms with Gasteiger partial charge in [0.05, 0.1) is 42.1 Å². The van der Waals surface area contributed by atoms with E-state index in [0.29, 0.717) is 49.9 Å². The zero-order valence-electron chi connectivity index (χ0n) is 20.4. The third kappa shape index (κ3) is 4.96. The second-order valence-electron chi connectivity index (χ2n) is 8.66. The number of pyridine rings is 1. The summed E-state index contributed by atoms with van der Waals surface area (Å²) >= 11 is 6.25. The second-order valence-corrected chi connectivity index (χ2v) is 9.09. The first-order valence-corrected chi connectivity index (χ1v) is 12.4. The van der Waals surface area contributed by atoms with Gasteiger partial charge in [0.25, 0.3) is 0 Å². The van der Waals surface area contributed by atoms with Crippen molar-refractivity contribution >= 4 is 33.5 Å². The van der Waals surface area contributed by atoms with E-state index in [-0.39, 0.29) is 5.69 Å². The van der Waals surface area contributed by atoms with Crippen molar-refractivity contribution in [1.29, 1.82) is 5.26 Å². The van der Waals surface area contributed by atoms with E-state index >= 15 is 0 Å². The number of fused-ring (bicyclic) bond motifs is 2. The predicted octanol–water partition coefficient (Wildman–Crippen LogP) is 5.17. The van der Waals surface area contributed by atoms with Gasteiger partial charge in [-0.25, -0.2) is 4.79 Å². The van der Waals surface area contributed by atoms with Crippen LogP contribution in [-0.2, 0) is 17.8 Å². The largest absolute Gasteiger partial charge is 0.491 e. The van der Waals surface area contributed by atoms with Crippen molar-refractivity contribution in [2.75, 3.05) is 20.3 Å². The molecule has 0 amide bonds. The number of ether oxygens (including phenoxy) is 2. The summed E-state index contributed by atoms with van der Waals surface area (Å²) in [7, 11) is 1.63. The van der Waals surface area contributed by atoms with Crippen molar-refractivity contribution in [3.05, 3.63) is 88.2 Å². The Kier molecular flexibility index (Phi) is 7.26. The van der Waals surface area contributed by atoms with Gasteiger partial charge in [0.1, 0.15) is 12.4 Å². The smallest absolute Gasteiger partial charge is 0.334 e. The molecule has 0 fully saturated rings. The lowest BCUT2D eigenvalue weighted by Crippen LogP contribution is -2.24. The number of aryl methyl sites for hydroxylation is 1. The molecule has 37 heavy (non-hydrogen) atoms. The van der Waals surface area contributed by atoms with Crippen molar-refractivity contribution in [3.8, 4) is 17.5 Å². The van der Waals surface area contributed by atoms with Gasteiger partial charge in [0.2, 0.25) is 0 Å². The first-order chi connectivity index (χ1) is 18.1. The molecule has 0 unspecified atom stereocenters. The fourth-order valence-electron chi connectivity index (χ4n) is 4.61. The Balaban J connectivity index is 1.56. The number of rotatable bonds is 10. The van der Waals surface area contributed by atoms with Crippen LogP contribution in [-0.4, -0.2) is 39.0 Å². The molecule has 3 heterocycles. The third-order valence-electron chi connectivity index (χ3n) is 6.32. The summed E-state index contributed by atoms with van der Waals surface area (Å²) in [6.07, 6.45) is 4.58. The molecular weight excluding hydrogens is 490 g/mol. The lowest BCUT2D eigenvalue weighted by Gasteiger charge is -2.11. The van der Waals surface area contributed by atoms with Crippen LogP contribution in [0.2, 0.25) is 5.02 Å². The quantitative estimate of drug-likeness (QED) is 0.239. The Labute approximate surface area is 218 Å². The molecule has 0 N–H and O–H groups in total. The third-order valence-corrected chi connectivity index (χ3v) is 6.56. The van der Waals surface area contributed by atoms with Gasteiger partial charge in [-0.2, -0.15) is 5.26 Å². The van der Waals surface area contributed by atoms with E-state index in [1.807, 2.05) is 48.5 Å². The second kappa shape index (κ2) is 10.9. The lowest BCUT2D eigenvalue weighted by molar-refractivity contribution is 0.146. The van der Waals surface area contributed by atoms with Crippen LogP contribution in [0.25, 0.3) is 27.6 Å². The van der Waals surface area contributed by atoms with E-state index in [0.717, 1.165) is 33.3 Å². The molecule has 0 radical (unpaired) electrons. The van der Waals surface area contributed by atoms with Gasteiger partial charge in [-0.05, 0) is 61.0 Å². The summed E-state index contributed by atoms with van der Waals surface area (Å²) in [5, 5.41) is 10.7. The Hall–Kier alpha value is -4.06. The van der Waals surface area contributed by atoms with Gasteiger partial charge >= 0.3 is 5.69 Å². The molecule has 0 atom stereocenters. The van der Waals surface area contributed by atoms with Crippen molar-refractivity contribution in [2.45, 2.75) is 25.9 Å². The average molecular weight is 516 g/mol. The van der Waals surface area contributed by atoms with Crippen molar-refractivity contribution in [1.82, 2.24) is 18.7 Å². The number of aromatic nitrogens is 4. The normalized spacial score (nSPS) is 11.3. The number of nitrogens with zero attached hydrogens (tertiary/aromatic N) is 5. The van der Waals surface area contributed by atoms with E-state index in [1.54, 1.807) is 28.6 Å². The molecular formula is C28H26ClN5O3. The number of halogens is 1. The van der Waals surface area contributed by atoms with E-state index < -0.39 is 0 Å². The van der Waals surface area contributed by atoms with Crippen LogP contribution >= 0.6 is 11.6 Å².